The van der Waals surface area contributed by atoms with E-state index in [1.54, 1.807) is 12.1 Å². The molecule has 0 saturated carbocycles. The van der Waals surface area contributed by atoms with Gasteiger partial charge in [0, 0.05) is 6.54 Å². The van der Waals surface area contributed by atoms with Gasteiger partial charge in [-0.05, 0) is 43.6 Å². The number of hydrogen-bond acceptors (Lipinski definition) is 2. The van der Waals surface area contributed by atoms with Gasteiger partial charge in [0.2, 0.25) is 0 Å². The fourth-order valence-electron chi connectivity index (χ4n) is 2.16. The summed E-state index contributed by atoms with van der Waals surface area (Å²) in [6.45, 7) is 2.47. The van der Waals surface area contributed by atoms with E-state index in [0.717, 1.165) is 25.9 Å². The van der Waals surface area contributed by atoms with E-state index in [4.69, 9.17) is 11.6 Å². The molecular weight excluding hydrogens is 296 g/mol. The van der Waals surface area contributed by atoms with Crippen LogP contribution in [0.4, 0.5) is 0 Å². The lowest BCUT2D eigenvalue weighted by molar-refractivity contribution is 0.0953. The van der Waals surface area contributed by atoms with Crippen LogP contribution in [-0.4, -0.2) is 25.5 Å². The summed E-state index contributed by atoms with van der Waals surface area (Å²) < 4.78 is 0. The number of rotatable bonds is 8. The quantitative estimate of drug-likeness (QED) is 0.734. The first-order valence-corrected chi connectivity index (χ1v) is 7.92. The van der Waals surface area contributed by atoms with Crippen molar-refractivity contribution in [2.24, 2.45) is 0 Å². The van der Waals surface area contributed by atoms with E-state index in [1.165, 1.54) is 5.56 Å². The minimum atomic E-state index is -0.116. The topological polar surface area (TPSA) is 41.1 Å². The van der Waals surface area contributed by atoms with Crippen molar-refractivity contribution in [2.75, 3.05) is 19.6 Å². The zero-order valence-corrected chi connectivity index (χ0v) is 13.3. The lowest BCUT2D eigenvalue weighted by atomic mass is 10.1. The maximum atomic E-state index is 11.9. The van der Waals surface area contributed by atoms with E-state index in [0.29, 0.717) is 17.1 Å². The number of benzene rings is 2. The summed E-state index contributed by atoms with van der Waals surface area (Å²) >= 11 is 5.99. The Morgan fingerprint density at radius 2 is 1.64 bits per heavy atom. The van der Waals surface area contributed by atoms with Gasteiger partial charge in [-0.2, -0.15) is 0 Å². The van der Waals surface area contributed by atoms with Crippen LogP contribution in [0.5, 0.6) is 0 Å². The molecule has 0 aliphatic heterocycles. The van der Waals surface area contributed by atoms with E-state index in [1.807, 2.05) is 18.2 Å². The zero-order valence-electron chi connectivity index (χ0n) is 12.5. The van der Waals surface area contributed by atoms with Gasteiger partial charge in [-0.3, -0.25) is 4.79 Å². The predicted molar refractivity (Wildman–Crippen MR) is 91.4 cm³/mol. The smallest absolute Gasteiger partial charge is 0.252 e. The van der Waals surface area contributed by atoms with Crippen LogP contribution in [-0.2, 0) is 6.42 Å². The van der Waals surface area contributed by atoms with Crippen LogP contribution in [0, 0.1) is 0 Å². The molecule has 116 valence electrons. The molecule has 0 aliphatic rings. The summed E-state index contributed by atoms with van der Waals surface area (Å²) in [6.07, 6.45) is 1.91. The van der Waals surface area contributed by atoms with Gasteiger partial charge >= 0.3 is 0 Å². The molecule has 0 aromatic heterocycles. The van der Waals surface area contributed by atoms with Crippen LogP contribution in [0.15, 0.2) is 54.6 Å². The predicted octanol–water partition coefficient (Wildman–Crippen LogP) is 3.29. The highest BCUT2D eigenvalue weighted by Gasteiger charge is 2.07. The molecule has 1 amide bonds. The first-order valence-electron chi connectivity index (χ1n) is 7.55. The third kappa shape index (κ3) is 5.51. The Kier molecular flexibility index (Phi) is 6.94. The zero-order chi connectivity index (χ0) is 15.6. The summed E-state index contributed by atoms with van der Waals surface area (Å²) in [4.78, 5) is 11.9. The number of carbonyl (C=O) groups is 1. The molecule has 0 bridgehead atoms. The summed E-state index contributed by atoms with van der Waals surface area (Å²) in [7, 11) is 0. The Bertz CT molecular complexity index is 587. The molecular formula is C18H21ClN2O. The van der Waals surface area contributed by atoms with Crippen molar-refractivity contribution in [2.45, 2.75) is 12.8 Å². The van der Waals surface area contributed by atoms with Crippen LogP contribution in [0.2, 0.25) is 5.02 Å². The first-order chi connectivity index (χ1) is 10.8. The number of hydrogen-bond donors (Lipinski definition) is 2. The number of amides is 1. The minimum Gasteiger partial charge on any atom is -0.352 e. The highest BCUT2D eigenvalue weighted by atomic mass is 35.5. The van der Waals surface area contributed by atoms with E-state index in [-0.39, 0.29) is 5.91 Å². The number of carbonyl (C=O) groups excluding carboxylic acids is 1. The van der Waals surface area contributed by atoms with Gasteiger partial charge in [0.1, 0.15) is 0 Å². The molecule has 2 N–H and O–H groups in total. The highest BCUT2D eigenvalue weighted by molar-refractivity contribution is 6.33. The summed E-state index contributed by atoms with van der Waals surface area (Å²) in [6, 6.07) is 17.5. The Morgan fingerprint density at radius 3 is 2.41 bits per heavy atom. The average molecular weight is 317 g/mol. The fraction of sp³-hybridized carbons (Fsp3) is 0.278. The van der Waals surface area contributed by atoms with Crippen molar-refractivity contribution in [3.8, 4) is 0 Å². The molecule has 0 aliphatic carbocycles. The van der Waals surface area contributed by atoms with Crippen LogP contribution in [0.25, 0.3) is 0 Å². The molecule has 0 heterocycles. The van der Waals surface area contributed by atoms with Gasteiger partial charge in [-0.25, -0.2) is 0 Å². The van der Waals surface area contributed by atoms with Crippen LogP contribution in [0.3, 0.4) is 0 Å². The fourth-order valence-corrected chi connectivity index (χ4v) is 2.38. The average Bonchev–Trinajstić information content (AvgIpc) is 2.55. The van der Waals surface area contributed by atoms with Gasteiger partial charge in [0.25, 0.3) is 5.91 Å². The molecule has 2 aromatic carbocycles. The normalized spacial score (nSPS) is 10.4. The summed E-state index contributed by atoms with van der Waals surface area (Å²) in [5.74, 6) is -0.116. The molecule has 0 fully saturated rings. The third-order valence-corrected chi connectivity index (χ3v) is 3.70. The Morgan fingerprint density at radius 1 is 0.909 bits per heavy atom. The summed E-state index contributed by atoms with van der Waals surface area (Å²) in [5.41, 5.74) is 1.86. The van der Waals surface area contributed by atoms with Crippen molar-refractivity contribution in [3.05, 3.63) is 70.7 Å². The van der Waals surface area contributed by atoms with Gasteiger partial charge in [-0.1, -0.05) is 54.1 Å². The van der Waals surface area contributed by atoms with E-state index in [2.05, 4.69) is 34.9 Å². The third-order valence-electron chi connectivity index (χ3n) is 3.37. The van der Waals surface area contributed by atoms with Gasteiger partial charge < -0.3 is 10.6 Å². The van der Waals surface area contributed by atoms with Crippen molar-refractivity contribution in [3.63, 3.8) is 0 Å². The molecule has 0 radical (unpaired) electrons. The first kappa shape index (κ1) is 16.5. The molecule has 0 saturated heterocycles. The molecule has 2 aromatic rings. The van der Waals surface area contributed by atoms with Gasteiger partial charge in [-0.15, -0.1) is 0 Å². The second-order valence-corrected chi connectivity index (χ2v) is 5.48. The van der Waals surface area contributed by atoms with Gasteiger partial charge in [0.15, 0.2) is 0 Å². The molecule has 2 rings (SSSR count). The van der Waals surface area contributed by atoms with Crippen molar-refractivity contribution in [1.29, 1.82) is 0 Å². The molecule has 0 unspecified atom stereocenters. The van der Waals surface area contributed by atoms with E-state index < -0.39 is 0 Å². The monoisotopic (exact) mass is 316 g/mol. The Hall–Kier alpha value is -1.84. The van der Waals surface area contributed by atoms with Crippen LogP contribution in [0.1, 0.15) is 22.3 Å². The van der Waals surface area contributed by atoms with Crippen LogP contribution < -0.4 is 10.6 Å². The highest BCUT2D eigenvalue weighted by Crippen LogP contribution is 2.14. The van der Waals surface area contributed by atoms with E-state index in [9.17, 15) is 4.79 Å². The Labute approximate surface area is 136 Å². The molecule has 3 nitrogen and oxygen atoms in total. The maximum Gasteiger partial charge on any atom is 0.252 e. The van der Waals surface area contributed by atoms with Crippen molar-refractivity contribution >= 4 is 17.5 Å². The molecule has 0 atom stereocenters. The lowest BCUT2D eigenvalue weighted by Crippen LogP contribution is -2.28. The number of nitrogens with one attached hydrogen (secondary N) is 2. The van der Waals surface area contributed by atoms with Crippen LogP contribution >= 0.6 is 11.6 Å². The number of halogens is 1. The van der Waals surface area contributed by atoms with Crippen molar-refractivity contribution in [1.82, 2.24) is 10.6 Å². The van der Waals surface area contributed by atoms with Gasteiger partial charge in [0.05, 0.1) is 10.6 Å². The molecule has 22 heavy (non-hydrogen) atoms. The second-order valence-electron chi connectivity index (χ2n) is 5.07. The molecule has 0 spiro atoms. The maximum absolute atomic E-state index is 11.9. The second kappa shape index (κ2) is 9.23. The summed E-state index contributed by atoms with van der Waals surface area (Å²) in [5, 5.41) is 6.75. The standard InChI is InChI=1S/C18H21ClN2O/c19-17-10-5-4-9-16(17)18(22)21-13-6-12-20-14-11-15-7-2-1-3-8-15/h1-5,7-10,20H,6,11-14H2,(H,21,22). The van der Waals surface area contributed by atoms with E-state index >= 15 is 0 Å². The Balaban J connectivity index is 1.56. The minimum absolute atomic E-state index is 0.116. The largest absolute Gasteiger partial charge is 0.352 e. The SMILES string of the molecule is O=C(NCCCNCCc1ccccc1)c1ccccc1Cl. The molecule has 4 heteroatoms. The van der Waals surface area contributed by atoms with Crippen molar-refractivity contribution < 1.29 is 4.79 Å². The lowest BCUT2D eigenvalue weighted by Gasteiger charge is -2.07.